The quantitative estimate of drug-likeness (QED) is 0.541. The summed E-state index contributed by atoms with van der Waals surface area (Å²) >= 11 is 0. The van der Waals surface area contributed by atoms with E-state index < -0.39 is 0 Å². The van der Waals surface area contributed by atoms with Crippen molar-refractivity contribution >= 4 is 30.7 Å². The van der Waals surface area contributed by atoms with Crippen LogP contribution in [0.2, 0.25) is 0 Å². The summed E-state index contributed by atoms with van der Waals surface area (Å²) in [7, 11) is 0. The minimum Gasteiger partial charge on any atom is -0.343 e. The van der Waals surface area contributed by atoms with Crippen LogP contribution in [0.3, 0.4) is 0 Å². The number of amides is 1. The molecular formula is C14H33Cl2N3O. The standard InChI is InChI=1S/C14H31N3O.2ClH/c1-2-3-4-5-6-9-14(18)17(12-7-10-15)13-8-11-16;;/h2-13,15-16H2,1H3;2*1H. The van der Waals surface area contributed by atoms with Crippen molar-refractivity contribution in [2.75, 3.05) is 26.2 Å². The molecule has 20 heavy (non-hydrogen) atoms. The van der Waals surface area contributed by atoms with Crippen molar-refractivity contribution < 1.29 is 4.79 Å². The highest BCUT2D eigenvalue weighted by atomic mass is 35.5. The molecule has 0 unspecified atom stereocenters. The Labute approximate surface area is 136 Å². The second-order valence-electron chi connectivity index (χ2n) is 4.83. The number of rotatable bonds is 12. The molecule has 4 N–H and O–H groups in total. The lowest BCUT2D eigenvalue weighted by atomic mass is 10.1. The first-order valence-corrected chi connectivity index (χ1v) is 7.44. The summed E-state index contributed by atoms with van der Waals surface area (Å²) in [6, 6.07) is 0. The van der Waals surface area contributed by atoms with E-state index in [2.05, 4.69) is 6.92 Å². The summed E-state index contributed by atoms with van der Waals surface area (Å²) in [6.45, 7) is 5.05. The van der Waals surface area contributed by atoms with Gasteiger partial charge in [0.15, 0.2) is 0 Å². The molecule has 0 aliphatic rings. The molecule has 124 valence electrons. The number of carbonyl (C=O) groups is 1. The van der Waals surface area contributed by atoms with Gasteiger partial charge in [-0.3, -0.25) is 4.79 Å². The van der Waals surface area contributed by atoms with E-state index in [1.54, 1.807) is 0 Å². The molecule has 1 amide bonds. The van der Waals surface area contributed by atoms with E-state index in [0.717, 1.165) is 32.4 Å². The molecule has 0 saturated carbocycles. The van der Waals surface area contributed by atoms with Crippen LogP contribution in [0.15, 0.2) is 0 Å². The van der Waals surface area contributed by atoms with Gasteiger partial charge in [0.25, 0.3) is 0 Å². The summed E-state index contributed by atoms with van der Waals surface area (Å²) in [5, 5.41) is 0. The van der Waals surface area contributed by atoms with Crippen molar-refractivity contribution in [3.05, 3.63) is 0 Å². The van der Waals surface area contributed by atoms with Gasteiger partial charge < -0.3 is 16.4 Å². The average molecular weight is 330 g/mol. The van der Waals surface area contributed by atoms with E-state index >= 15 is 0 Å². The predicted molar refractivity (Wildman–Crippen MR) is 91.8 cm³/mol. The Morgan fingerprint density at radius 2 is 1.35 bits per heavy atom. The number of nitrogens with two attached hydrogens (primary N) is 2. The smallest absolute Gasteiger partial charge is 0.222 e. The van der Waals surface area contributed by atoms with E-state index in [0.29, 0.717) is 19.5 Å². The highest BCUT2D eigenvalue weighted by Crippen LogP contribution is 2.07. The molecule has 0 rings (SSSR count). The molecule has 0 aliphatic carbocycles. The molecule has 0 aromatic carbocycles. The topological polar surface area (TPSA) is 72.3 Å². The number of halogens is 2. The maximum absolute atomic E-state index is 12.0. The number of nitrogens with zero attached hydrogens (tertiary/aromatic N) is 1. The molecule has 0 bridgehead atoms. The molecule has 0 radical (unpaired) electrons. The fourth-order valence-electron chi connectivity index (χ4n) is 1.96. The highest BCUT2D eigenvalue weighted by Gasteiger charge is 2.11. The third kappa shape index (κ3) is 14.4. The average Bonchev–Trinajstić information content (AvgIpc) is 2.38. The lowest BCUT2D eigenvalue weighted by Crippen LogP contribution is -2.34. The van der Waals surface area contributed by atoms with Crippen LogP contribution in [-0.2, 0) is 4.79 Å². The van der Waals surface area contributed by atoms with Crippen LogP contribution >= 0.6 is 24.8 Å². The van der Waals surface area contributed by atoms with Crippen LogP contribution in [-0.4, -0.2) is 37.0 Å². The monoisotopic (exact) mass is 329 g/mol. The van der Waals surface area contributed by atoms with Crippen LogP contribution in [0.1, 0.15) is 58.3 Å². The normalized spacial score (nSPS) is 9.55. The van der Waals surface area contributed by atoms with Crippen LogP contribution in [0.25, 0.3) is 0 Å². The first-order valence-electron chi connectivity index (χ1n) is 7.44. The minimum absolute atomic E-state index is 0. The van der Waals surface area contributed by atoms with Gasteiger partial charge >= 0.3 is 0 Å². The molecule has 0 fully saturated rings. The summed E-state index contributed by atoms with van der Waals surface area (Å²) < 4.78 is 0. The van der Waals surface area contributed by atoms with Crippen LogP contribution in [0.5, 0.6) is 0 Å². The van der Waals surface area contributed by atoms with Gasteiger partial charge in [0, 0.05) is 19.5 Å². The largest absolute Gasteiger partial charge is 0.343 e. The van der Waals surface area contributed by atoms with Gasteiger partial charge in [0.2, 0.25) is 5.91 Å². The predicted octanol–water partition coefficient (Wildman–Crippen LogP) is 2.72. The summed E-state index contributed by atoms with van der Waals surface area (Å²) in [4.78, 5) is 14.0. The van der Waals surface area contributed by atoms with E-state index in [-0.39, 0.29) is 30.7 Å². The van der Waals surface area contributed by atoms with E-state index in [1.807, 2.05) is 4.90 Å². The van der Waals surface area contributed by atoms with Crippen molar-refractivity contribution in [1.29, 1.82) is 0 Å². The molecule has 4 nitrogen and oxygen atoms in total. The first kappa shape index (κ1) is 25.0. The summed E-state index contributed by atoms with van der Waals surface area (Å²) in [5.74, 6) is 0.272. The molecule has 0 saturated heterocycles. The fraction of sp³-hybridized carbons (Fsp3) is 0.929. The Morgan fingerprint density at radius 1 is 0.850 bits per heavy atom. The van der Waals surface area contributed by atoms with Crippen molar-refractivity contribution in [3.63, 3.8) is 0 Å². The summed E-state index contributed by atoms with van der Waals surface area (Å²) in [5.41, 5.74) is 11.0. The zero-order valence-electron chi connectivity index (χ0n) is 12.8. The van der Waals surface area contributed by atoms with Gasteiger partial charge in [-0.05, 0) is 32.4 Å². The molecule has 0 atom stereocenters. The molecule has 0 heterocycles. The summed E-state index contributed by atoms with van der Waals surface area (Å²) in [6.07, 6.45) is 8.39. The maximum Gasteiger partial charge on any atom is 0.222 e. The van der Waals surface area contributed by atoms with Gasteiger partial charge in [-0.2, -0.15) is 0 Å². The molecule has 0 spiro atoms. The Bertz CT molecular complexity index is 199. The van der Waals surface area contributed by atoms with Crippen molar-refractivity contribution in [2.24, 2.45) is 11.5 Å². The van der Waals surface area contributed by atoms with E-state index in [1.165, 1.54) is 25.7 Å². The van der Waals surface area contributed by atoms with Crippen LogP contribution < -0.4 is 11.5 Å². The van der Waals surface area contributed by atoms with Crippen LogP contribution in [0.4, 0.5) is 0 Å². The Kier molecular flexibility index (Phi) is 23.7. The van der Waals surface area contributed by atoms with E-state index in [4.69, 9.17) is 11.5 Å². The van der Waals surface area contributed by atoms with Crippen molar-refractivity contribution in [1.82, 2.24) is 4.90 Å². The molecular weight excluding hydrogens is 297 g/mol. The number of hydrogen-bond acceptors (Lipinski definition) is 3. The second-order valence-corrected chi connectivity index (χ2v) is 4.83. The zero-order chi connectivity index (χ0) is 13.6. The van der Waals surface area contributed by atoms with Crippen molar-refractivity contribution in [2.45, 2.75) is 58.3 Å². The van der Waals surface area contributed by atoms with E-state index in [9.17, 15) is 4.79 Å². The number of hydrogen-bond donors (Lipinski definition) is 2. The van der Waals surface area contributed by atoms with Gasteiger partial charge in [-0.1, -0.05) is 32.6 Å². The van der Waals surface area contributed by atoms with Gasteiger partial charge in [0.05, 0.1) is 0 Å². The fourth-order valence-corrected chi connectivity index (χ4v) is 1.96. The van der Waals surface area contributed by atoms with Gasteiger partial charge in [-0.25, -0.2) is 0 Å². The maximum atomic E-state index is 12.0. The Hall–Kier alpha value is -0.0300. The molecule has 0 aromatic rings. The van der Waals surface area contributed by atoms with Crippen LogP contribution in [0, 0.1) is 0 Å². The molecule has 6 heteroatoms. The third-order valence-corrected chi connectivity index (χ3v) is 3.11. The highest BCUT2D eigenvalue weighted by molar-refractivity contribution is 5.85. The lowest BCUT2D eigenvalue weighted by molar-refractivity contribution is -0.131. The zero-order valence-corrected chi connectivity index (χ0v) is 14.4. The third-order valence-electron chi connectivity index (χ3n) is 3.11. The first-order chi connectivity index (χ1) is 8.76. The SMILES string of the molecule is CCCCCCCC(=O)N(CCCN)CCCN.Cl.Cl. The molecule has 0 aromatic heterocycles. The minimum atomic E-state index is 0. The number of carbonyl (C=O) groups excluding carboxylic acids is 1. The van der Waals surface area contributed by atoms with Crippen molar-refractivity contribution in [3.8, 4) is 0 Å². The number of unbranched alkanes of at least 4 members (excludes halogenated alkanes) is 4. The second kappa shape index (κ2) is 19.0. The van der Waals surface area contributed by atoms with Gasteiger partial charge in [0.1, 0.15) is 0 Å². The lowest BCUT2D eigenvalue weighted by Gasteiger charge is -2.22. The Balaban J connectivity index is -0.00000144. The van der Waals surface area contributed by atoms with Gasteiger partial charge in [-0.15, -0.1) is 24.8 Å². The Morgan fingerprint density at radius 3 is 1.80 bits per heavy atom. The molecule has 0 aliphatic heterocycles.